The highest BCUT2D eigenvalue weighted by Crippen LogP contribution is 2.28. The van der Waals surface area contributed by atoms with Gasteiger partial charge in [0.2, 0.25) is 0 Å². The van der Waals surface area contributed by atoms with Gasteiger partial charge in [0.25, 0.3) is 0 Å². The molecule has 0 bridgehead atoms. The summed E-state index contributed by atoms with van der Waals surface area (Å²) in [7, 11) is 0. The van der Waals surface area contributed by atoms with Crippen molar-refractivity contribution in [3.05, 3.63) is 17.0 Å². The quantitative estimate of drug-likeness (QED) is 0.829. The molecule has 1 fully saturated rings. The van der Waals surface area contributed by atoms with Crippen LogP contribution in [-0.2, 0) is 6.42 Å². The van der Waals surface area contributed by atoms with Gasteiger partial charge >= 0.3 is 0 Å². The van der Waals surface area contributed by atoms with Gasteiger partial charge in [-0.25, -0.2) is 0 Å². The minimum Gasteiger partial charge on any atom is -0.479 e. The predicted molar refractivity (Wildman–Crippen MR) is 60.2 cm³/mol. The SMILES string of the molecule is CCc1ccsc1OC1CCCNC1. The summed E-state index contributed by atoms with van der Waals surface area (Å²) in [5.41, 5.74) is 1.35. The molecule has 1 aromatic heterocycles. The Balaban J connectivity index is 1.95. The molecule has 1 aliphatic rings. The van der Waals surface area contributed by atoms with Gasteiger partial charge in [-0.05, 0) is 37.3 Å². The summed E-state index contributed by atoms with van der Waals surface area (Å²) in [4.78, 5) is 0. The second-order valence-corrected chi connectivity index (χ2v) is 4.55. The van der Waals surface area contributed by atoms with Crippen molar-refractivity contribution in [1.29, 1.82) is 0 Å². The van der Waals surface area contributed by atoms with Gasteiger partial charge in [-0.2, -0.15) is 0 Å². The Hall–Kier alpha value is -0.540. The van der Waals surface area contributed by atoms with Crippen molar-refractivity contribution in [2.45, 2.75) is 32.3 Å². The molecule has 0 spiro atoms. The van der Waals surface area contributed by atoms with E-state index < -0.39 is 0 Å². The first kappa shape index (κ1) is 9.99. The summed E-state index contributed by atoms with van der Waals surface area (Å²) in [6.45, 7) is 4.32. The van der Waals surface area contributed by atoms with E-state index in [2.05, 4.69) is 23.7 Å². The van der Waals surface area contributed by atoms with Crippen molar-refractivity contribution >= 4 is 11.3 Å². The van der Waals surface area contributed by atoms with E-state index in [1.165, 1.54) is 18.4 Å². The lowest BCUT2D eigenvalue weighted by atomic mass is 10.1. The van der Waals surface area contributed by atoms with Gasteiger partial charge < -0.3 is 10.1 Å². The minimum atomic E-state index is 0.382. The lowest BCUT2D eigenvalue weighted by molar-refractivity contribution is 0.171. The van der Waals surface area contributed by atoms with Gasteiger partial charge in [0.1, 0.15) is 6.10 Å². The van der Waals surface area contributed by atoms with Crippen LogP contribution in [0.3, 0.4) is 0 Å². The minimum absolute atomic E-state index is 0.382. The zero-order chi connectivity index (χ0) is 9.80. The highest BCUT2D eigenvalue weighted by atomic mass is 32.1. The Morgan fingerprint density at radius 3 is 3.29 bits per heavy atom. The van der Waals surface area contributed by atoms with E-state index >= 15 is 0 Å². The second kappa shape index (κ2) is 4.80. The van der Waals surface area contributed by atoms with Crippen molar-refractivity contribution < 1.29 is 4.74 Å². The fourth-order valence-electron chi connectivity index (χ4n) is 1.76. The van der Waals surface area contributed by atoms with E-state index in [1.54, 1.807) is 11.3 Å². The molecule has 1 atom stereocenters. The molecule has 0 aromatic carbocycles. The van der Waals surface area contributed by atoms with E-state index in [0.29, 0.717) is 6.10 Å². The largest absolute Gasteiger partial charge is 0.479 e. The zero-order valence-corrected chi connectivity index (χ0v) is 9.40. The van der Waals surface area contributed by atoms with E-state index in [9.17, 15) is 0 Å². The number of nitrogens with one attached hydrogen (secondary N) is 1. The molecule has 0 radical (unpaired) electrons. The van der Waals surface area contributed by atoms with E-state index in [-0.39, 0.29) is 0 Å². The number of hydrogen-bond acceptors (Lipinski definition) is 3. The molecule has 1 aliphatic heterocycles. The molecule has 2 rings (SSSR count). The maximum atomic E-state index is 5.97. The zero-order valence-electron chi connectivity index (χ0n) is 8.58. The van der Waals surface area contributed by atoms with Gasteiger partial charge in [-0.3, -0.25) is 0 Å². The molecular weight excluding hydrogens is 194 g/mol. The van der Waals surface area contributed by atoms with Crippen molar-refractivity contribution in [3.8, 4) is 5.06 Å². The van der Waals surface area contributed by atoms with Crippen LogP contribution in [0.25, 0.3) is 0 Å². The van der Waals surface area contributed by atoms with Crippen LogP contribution in [0.2, 0.25) is 0 Å². The van der Waals surface area contributed by atoms with E-state index in [0.717, 1.165) is 24.6 Å². The molecule has 0 amide bonds. The first-order valence-corrected chi connectivity index (χ1v) is 6.22. The number of ether oxygens (including phenoxy) is 1. The van der Waals surface area contributed by atoms with Crippen LogP contribution in [0.5, 0.6) is 5.06 Å². The maximum Gasteiger partial charge on any atom is 0.177 e. The molecule has 3 heteroatoms. The highest BCUT2D eigenvalue weighted by molar-refractivity contribution is 7.12. The van der Waals surface area contributed by atoms with Crippen molar-refractivity contribution in [2.75, 3.05) is 13.1 Å². The first-order valence-electron chi connectivity index (χ1n) is 5.34. The molecule has 1 aromatic rings. The van der Waals surface area contributed by atoms with Crippen LogP contribution in [0.1, 0.15) is 25.3 Å². The fourth-order valence-corrected chi connectivity index (χ4v) is 2.67. The average molecular weight is 211 g/mol. The standard InChI is InChI=1S/C11H17NOS/c1-2-9-5-7-14-11(9)13-10-4-3-6-12-8-10/h5,7,10,12H,2-4,6,8H2,1H3. The van der Waals surface area contributed by atoms with Crippen LogP contribution >= 0.6 is 11.3 Å². The monoisotopic (exact) mass is 211 g/mol. The number of piperidine rings is 1. The van der Waals surface area contributed by atoms with Crippen molar-refractivity contribution in [2.24, 2.45) is 0 Å². The number of rotatable bonds is 3. The van der Waals surface area contributed by atoms with Crippen LogP contribution < -0.4 is 10.1 Å². The molecule has 2 heterocycles. The van der Waals surface area contributed by atoms with Crippen molar-refractivity contribution in [1.82, 2.24) is 5.32 Å². The first-order chi connectivity index (χ1) is 6.90. The molecule has 1 unspecified atom stereocenters. The molecule has 1 saturated heterocycles. The van der Waals surface area contributed by atoms with Crippen LogP contribution in [0.4, 0.5) is 0 Å². The topological polar surface area (TPSA) is 21.3 Å². The van der Waals surface area contributed by atoms with Crippen LogP contribution in [-0.4, -0.2) is 19.2 Å². The lowest BCUT2D eigenvalue weighted by Crippen LogP contribution is -2.37. The fraction of sp³-hybridized carbons (Fsp3) is 0.636. The van der Waals surface area contributed by atoms with Crippen LogP contribution in [0, 0.1) is 0 Å². The smallest absolute Gasteiger partial charge is 0.177 e. The molecule has 1 N–H and O–H groups in total. The second-order valence-electron chi connectivity index (χ2n) is 3.67. The van der Waals surface area contributed by atoms with Gasteiger partial charge in [-0.15, -0.1) is 11.3 Å². The maximum absolute atomic E-state index is 5.97. The number of thiophene rings is 1. The number of hydrogen-bond donors (Lipinski definition) is 1. The summed E-state index contributed by atoms with van der Waals surface area (Å²) in [6.07, 6.45) is 3.87. The molecular formula is C11H17NOS. The van der Waals surface area contributed by atoms with Gasteiger partial charge in [0, 0.05) is 12.1 Å². The molecule has 0 saturated carbocycles. The Morgan fingerprint density at radius 1 is 1.64 bits per heavy atom. The Kier molecular flexibility index (Phi) is 3.43. The summed E-state index contributed by atoms with van der Waals surface area (Å²) >= 11 is 1.72. The summed E-state index contributed by atoms with van der Waals surface area (Å²) in [5, 5.41) is 6.61. The summed E-state index contributed by atoms with van der Waals surface area (Å²) in [5.74, 6) is 0. The highest BCUT2D eigenvalue weighted by Gasteiger charge is 2.16. The number of aryl methyl sites for hydroxylation is 1. The Labute approximate surface area is 89.3 Å². The van der Waals surface area contributed by atoms with Crippen molar-refractivity contribution in [3.63, 3.8) is 0 Å². The lowest BCUT2D eigenvalue weighted by Gasteiger charge is -2.23. The van der Waals surface area contributed by atoms with Gasteiger partial charge in [0.15, 0.2) is 5.06 Å². The Bertz CT molecular complexity index is 279. The Morgan fingerprint density at radius 2 is 2.57 bits per heavy atom. The molecule has 2 nitrogen and oxygen atoms in total. The van der Waals surface area contributed by atoms with Crippen LogP contribution in [0.15, 0.2) is 11.4 Å². The summed E-state index contributed by atoms with van der Waals surface area (Å²) in [6, 6.07) is 2.16. The third-order valence-corrected chi connectivity index (χ3v) is 3.46. The molecule has 0 aliphatic carbocycles. The third kappa shape index (κ3) is 2.28. The molecule has 78 valence electrons. The van der Waals surface area contributed by atoms with Gasteiger partial charge in [0.05, 0.1) is 0 Å². The average Bonchev–Trinajstić information content (AvgIpc) is 2.67. The third-order valence-electron chi connectivity index (χ3n) is 2.61. The van der Waals surface area contributed by atoms with E-state index in [1.807, 2.05) is 0 Å². The summed E-state index contributed by atoms with van der Waals surface area (Å²) < 4.78 is 5.97. The molecule has 14 heavy (non-hydrogen) atoms. The normalized spacial score (nSPS) is 22.2. The predicted octanol–water partition coefficient (Wildman–Crippen LogP) is 2.44. The van der Waals surface area contributed by atoms with E-state index in [4.69, 9.17) is 4.74 Å². The van der Waals surface area contributed by atoms with Gasteiger partial charge in [-0.1, -0.05) is 6.92 Å².